The number of halogens is 1. The summed E-state index contributed by atoms with van der Waals surface area (Å²) in [5, 5.41) is 10.1. The van der Waals surface area contributed by atoms with Crippen LogP contribution < -0.4 is 21.1 Å². The molecule has 0 spiro atoms. The molecule has 1 heterocycles. The van der Waals surface area contributed by atoms with E-state index in [9.17, 15) is 9.59 Å². The van der Waals surface area contributed by atoms with Crippen LogP contribution in [-0.4, -0.2) is 33.4 Å². The molecule has 0 saturated carbocycles. The molecule has 8 nitrogen and oxygen atoms in total. The molecule has 3 aromatic rings. The third kappa shape index (κ3) is 5.08. The van der Waals surface area contributed by atoms with Crippen molar-refractivity contribution in [2.45, 2.75) is 46.1 Å². The number of carbonyl (C=O) groups is 1. The number of ether oxygens (including phenoxy) is 1. The first-order valence-corrected chi connectivity index (χ1v) is 11.0. The van der Waals surface area contributed by atoms with Gasteiger partial charge in [0.2, 0.25) is 0 Å². The molecule has 0 unspecified atom stereocenters. The second-order valence-electron chi connectivity index (χ2n) is 7.79. The Labute approximate surface area is 192 Å². The Morgan fingerprint density at radius 2 is 1.91 bits per heavy atom. The SMILES string of the molecule is CCC[C@H](C)Oc1cc(-n2nc(CC)n(C)c2=O)c(F)cc1C(=O)Nc1ccccc1NC. The molecular formula is C24H30FN5O3. The number of nitrogens with zero attached hydrogens (tertiary/aromatic N) is 3. The summed E-state index contributed by atoms with van der Waals surface area (Å²) in [5.41, 5.74) is 0.761. The second-order valence-corrected chi connectivity index (χ2v) is 7.79. The molecule has 0 bridgehead atoms. The summed E-state index contributed by atoms with van der Waals surface area (Å²) in [6.07, 6.45) is 1.94. The van der Waals surface area contributed by atoms with Crippen LogP contribution in [0.1, 0.15) is 49.8 Å². The number of rotatable bonds is 9. The van der Waals surface area contributed by atoms with E-state index >= 15 is 4.39 Å². The van der Waals surface area contributed by atoms with Crippen molar-refractivity contribution in [1.82, 2.24) is 14.3 Å². The Bertz CT molecular complexity index is 1200. The van der Waals surface area contributed by atoms with Crippen molar-refractivity contribution in [3.8, 4) is 11.4 Å². The number of hydrogen-bond donors (Lipinski definition) is 2. The van der Waals surface area contributed by atoms with Gasteiger partial charge >= 0.3 is 5.69 Å². The van der Waals surface area contributed by atoms with Gasteiger partial charge in [-0.2, -0.15) is 4.68 Å². The fraction of sp³-hybridized carbons (Fsp3) is 0.375. The Kier molecular flexibility index (Phi) is 7.52. The van der Waals surface area contributed by atoms with Crippen LogP contribution in [0.5, 0.6) is 5.75 Å². The highest BCUT2D eigenvalue weighted by atomic mass is 19.1. The maximum absolute atomic E-state index is 15.2. The lowest BCUT2D eigenvalue weighted by Gasteiger charge is -2.19. The van der Waals surface area contributed by atoms with Gasteiger partial charge in [0.05, 0.1) is 23.0 Å². The summed E-state index contributed by atoms with van der Waals surface area (Å²) in [4.78, 5) is 25.8. The van der Waals surface area contributed by atoms with Crippen molar-refractivity contribution in [1.29, 1.82) is 0 Å². The van der Waals surface area contributed by atoms with Crippen LogP contribution in [0.2, 0.25) is 0 Å². The molecule has 0 aliphatic heterocycles. The van der Waals surface area contributed by atoms with E-state index in [0.29, 0.717) is 17.9 Å². The molecule has 2 N–H and O–H groups in total. The molecule has 1 amide bonds. The molecule has 0 radical (unpaired) electrons. The van der Waals surface area contributed by atoms with E-state index in [1.165, 1.54) is 10.6 Å². The topological polar surface area (TPSA) is 90.2 Å². The number of aromatic nitrogens is 3. The molecule has 33 heavy (non-hydrogen) atoms. The molecule has 2 aromatic carbocycles. The zero-order valence-electron chi connectivity index (χ0n) is 19.6. The van der Waals surface area contributed by atoms with E-state index in [1.807, 2.05) is 32.9 Å². The summed E-state index contributed by atoms with van der Waals surface area (Å²) < 4.78 is 23.6. The Morgan fingerprint density at radius 3 is 2.52 bits per heavy atom. The number of carbonyl (C=O) groups excluding carboxylic acids is 1. The monoisotopic (exact) mass is 455 g/mol. The molecule has 1 aromatic heterocycles. The fourth-order valence-corrected chi connectivity index (χ4v) is 3.60. The lowest BCUT2D eigenvalue weighted by molar-refractivity contribution is 0.101. The van der Waals surface area contributed by atoms with E-state index in [2.05, 4.69) is 15.7 Å². The summed E-state index contributed by atoms with van der Waals surface area (Å²) in [6.45, 7) is 5.77. The zero-order valence-corrected chi connectivity index (χ0v) is 19.6. The standard InChI is InChI=1S/C24H30FN5O3/c1-6-10-15(3)33-21-14-20(30-24(32)29(5)22(7-2)28-30)17(25)13-16(21)23(31)27-19-12-9-8-11-18(19)26-4/h8-9,11-15,26H,6-7,10H2,1-5H3,(H,27,31)/t15-/m0/s1. The molecule has 0 saturated heterocycles. The minimum Gasteiger partial charge on any atom is -0.490 e. The van der Waals surface area contributed by atoms with Crippen LogP contribution in [0.15, 0.2) is 41.2 Å². The minimum absolute atomic E-state index is 0.0322. The van der Waals surface area contributed by atoms with Crippen LogP contribution in [0.3, 0.4) is 0 Å². The fourth-order valence-electron chi connectivity index (χ4n) is 3.60. The van der Waals surface area contributed by atoms with Gasteiger partial charge in [0.1, 0.15) is 23.1 Å². The predicted octanol–water partition coefficient (Wildman–Crippen LogP) is 4.13. The number of amides is 1. The highest BCUT2D eigenvalue weighted by Gasteiger charge is 2.22. The lowest BCUT2D eigenvalue weighted by Crippen LogP contribution is -2.24. The number of hydrogen-bond acceptors (Lipinski definition) is 5. The number of para-hydroxylation sites is 2. The minimum atomic E-state index is -0.750. The molecule has 0 aliphatic rings. The predicted molar refractivity (Wildman–Crippen MR) is 127 cm³/mol. The van der Waals surface area contributed by atoms with E-state index in [1.54, 1.807) is 26.2 Å². The zero-order chi connectivity index (χ0) is 24.1. The quantitative estimate of drug-likeness (QED) is 0.506. The summed E-state index contributed by atoms with van der Waals surface area (Å²) in [7, 11) is 3.33. The average molecular weight is 456 g/mol. The van der Waals surface area contributed by atoms with Crippen molar-refractivity contribution < 1.29 is 13.9 Å². The highest BCUT2D eigenvalue weighted by Crippen LogP contribution is 2.29. The Balaban J connectivity index is 2.08. The molecule has 0 aliphatic carbocycles. The van der Waals surface area contributed by atoms with E-state index in [-0.39, 0.29) is 23.1 Å². The van der Waals surface area contributed by atoms with Gasteiger partial charge in [0.25, 0.3) is 5.91 Å². The first-order chi connectivity index (χ1) is 15.8. The molecule has 1 atom stereocenters. The van der Waals surface area contributed by atoms with E-state index < -0.39 is 17.4 Å². The largest absolute Gasteiger partial charge is 0.490 e. The Morgan fingerprint density at radius 1 is 1.21 bits per heavy atom. The van der Waals surface area contributed by atoms with Crippen LogP contribution in [0.4, 0.5) is 15.8 Å². The first-order valence-electron chi connectivity index (χ1n) is 11.0. The van der Waals surface area contributed by atoms with Gasteiger partial charge in [-0.15, -0.1) is 5.10 Å². The number of anilines is 2. The molecule has 0 fully saturated rings. The van der Waals surface area contributed by atoms with Crippen molar-refractivity contribution in [3.63, 3.8) is 0 Å². The van der Waals surface area contributed by atoms with E-state index in [0.717, 1.165) is 29.3 Å². The normalized spacial score (nSPS) is 11.8. The van der Waals surface area contributed by atoms with Crippen molar-refractivity contribution >= 4 is 17.3 Å². The number of nitrogens with one attached hydrogen (secondary N) is 2. The van der Waals surface area contributed by atoms with Crippen LogP contribution in [0, 0.1) is 5.82 Å². The van der Waals surface area contributed by atoms with Crippen molar-refractivity contribution in [2.24, 2.45) is 7.05 Å². The van der Waals surface area contributed by atoms with Gasteiger partial charge < -0.3 is 15.4 Å². The van der Waals surface area contributed by atoms with Crippen molar-refractivity contribution in [3.05, 3.63) is 64.1 Å². The van der Waals surface area contributed by atoms with Gasteiger partial charge in [-0.1, -0.05) is 32.4 Å². The third-order valence-electron chi connectivity index (χ3n) is 5.38. The summed E-state index contributed by atoms with van der Waals surface area (Å²) in [5.74, 6) is -0.570. The maximum Gasteiger partial charge on any atom is 0.350 e. The summed E-state index contributed by atoms with van der Waals surface area (Å²) in [6, 6.07) is 9.65. The second kappa shape index (κ2) is 10.3. The van der Waals surface area contributed by atoms with Gasteiger partial charge in [-0.05, 0) is 31.5 Å². The van der Waals surface area contributed by atoms with Crippen molar-refractivity contribution in [2.75, 3.05) is 17.7 Å². The summed E-state index contributed by atoms with van der Waals surface area (Å²) >= 11 is 0. The smallest absolute Gasteiger partial charge is 0.350 e. The van der Waals surface area contributed by atoms with Crippen LogP contribution >= 0.6 is 0 Å². The van der Waals surface area contributed by atoms with Crippen LogP contribution in [0.25, 0.3) is 5.69 Å². The highest BCUT2D eigenvalue weighted by molar-refractivity contribution is 6.07. The molecule has 176 valence electrons. The molecule has 3 rings (SSSR count). The first kappa shape index (κ1) is 24.0. The lowest BCUT2D eigenvalue weighted by atomic mass is 10.1. The number of aryl methyl sites for hydroxylation is 1. The molecular weight excluding hydrogens is 425 g/mol. The van der Waals surface area contributed by atoms with E-state index in [4.69, 9.17) is 4.74 Å². The van der Waals surface area contributed by atoms with Gasteiger partial charge in [0.15, 0.2) is 0 Å². The van der Waals surface area contributed by atoms with Crippen LogP contribution in [-0.2, 0) is 13.5 Å². The maximum atomic E-state index is 15.2. The Hall–Kier alpha value is -3.62. The third-order valence-corrected chi connectivity index (χ3v) is 5.38. The van der Waals surface area contributed by atoms with Gasteiger partial charge in [-0.3, -0.25) is 9.36 Å². The van der Waals surface area contributed by atoms with Gasteiger partial charge in [0, 0.05) is 26.6 Å². The number of benzene rings is 2. The van der Waals surface area contributed by atoms with Gasteiger partial charge in [-0.25, -0.2) is 9.18 Å². The average Bonchev–Trinajstić information content (AvgIpc) is 3.08. The molecule has 9 heteroatoms.